The number of carbonyl (C=O) groups excluding carboxylic acids is 1. The van der Waals surface area contributed by atoms with Crippen LogP contribution in [0.15, 0.2) is 60.7 Å². The van der Waals surface area contributed by atoms with Gasteiger partial charge in [0, 0.05) is 23.3 Å². The molecular formula is C38H49N3O2. The van der Waals surface area contributed by atoms with Crippen molar-refractivity contribution in [2.45, 2.75) is 104 Å². The van der Waals surface area contributed by atoms with Crippen molar-refractivity contribution in [2.24, 2.45) is 5.92 Å². The van der Waals surface area contributed by atoms with E-state index in [0.29, 0.717) is 0 Å². The summed E-state index contributed by atoms with van der Waals surface area (Å²) in [5, 5.41) is 14.7. The maximum atomic E-state index is 14.0. The number of hydrogen-bond acceptors (Lipinski definition) is 3. The molecule has 5 rings (SSSR count). The van der Waals surface area contributed by atoms with Crippen LogP contribution >= 0.6 is 0 Å². The minimum absolute atomic E-state index is 0.000531. The summed E-state index contributed by atoms with van der Waals surface area (Å²) in [5.41, 5.74) is 9.68. The molecule has 0 bridgehead atoms. The molecule has 228 valence electrons. The Morgan fingerprint density at radius 2 is 1.63 bits per heavy atom. The van der Waals surface area contributed by atoms with E-state index in [4.69, 9.17) is 4.98 Å². The van der Waals surface area contributed by atoms with Gasteiger partial charge < -0.3 is 15.0 Å². The van der Waals surface area contributed by atoms with Crippen molar-refractivity contribution in [3.63, 3.8) is 0 Å². The van der Waals surface area contributed by atoms with Crippen molar-refractivity contribution in [3.05, 3.63) is 99.9 Å². The highest BCUT2D eigenvalue weighted by atomic mass is 16.3. The molecule has 5 nitrogen and oxygen atoms in total. The Balaban J connectivity index is 1.46. The minimum Gasteiger partial charge on any atom is -0.394 e. The van der Waals surface area contributed by atoms with Gasteiger partial charge in [0.2, 0.25) is 5.91 Å². The third kappa shape index (κ3) is 6.88. The van der Waals surface area contributed by atoms with E-state index >= 15 is 0 Å². The molecule has 2 heterocycles. The third-order valence-electron chi connectivity index (χ3n) is 9.35. The van der Waals surface area contributed by atoms with Crippen LogP contribution in [-0.2, 0) is 24.2 Å². The topological polar surface area (TPSA) is 67.2 Å². The van der Waals surface area contributed by atoms with Crippen LogP contribution in [0.3, 0.4) is 0 Å². The van der Waals surface area contributed by atoms with E-state index in [0.717, 1.165) is 67.5 Å². The van der Waals surface area contributed by atoms with Crippen LogP contribution in [0.1, 0.15) is 110 Å². The van der Waals surface area contributed by atoms with Gasteiger partial charge in [-0.05, 0) is 92.2 Å². The molecule has 2 aromatic heterocycles. The number of hydrogen-bond donors (Lipinski definition) is 2. The van der Waals surface area contributed by atoms with Gasteiger partial charge >= 0.3 is 0 Å². The molecule has 2 atom stereocenters. The zero-order valence-corrected chi connectivity index (χ0v) is 26.5. The van der Waals surface area contributed by atoms with Crippen molar-refractivity contribution in [1.82, 2.24) is 14.9 Å². The van der Waals surface area contributed by atoms with Crippen LogP contribution < -0.4 is 5.32 Å². The lowest BCUT2D eigenvalue weighted by atomic mass is 9.79. The van der Waals surface area contributed by atoms with E-state index in [1.807, 2.05) is 30.3 Å². The fraction of sp³-hybridized carbons (Fsp3) is 0.474. The van der Waals surface area contributed by atoms with Gasteiger partial charge in [0.1, 0.15) is 5.65 Å². The molecule has 2 aromatic carbocycles. The van der Waals surface area contributed by atoms with Gasteiger partial charge in [-0.2, -0.15) is 0 Å². The number of aromatic nitrogens is 2. The minimum atomic E-state index is -0.420. The fourth-order valence-corrected chi connectivity index (χ4v) is 7.37. The number of benzene rings is 2. The maximum absolute atomic E-state index is 14.0. The first-order valence-electron chi connectivity index (χ1n) is 16.5. The highest BCUT2D eigenvalue weighted by Crippen LogP contribution is 2.35. The molecule has 2 N–H and O–H groups in total. The normalized spacial score (nSPS) is 14.8. The molecule has 0 spiro atoms. The molecule has 1 aliphatic carbocycles. The number of nitrogens with zero attached hydrogens (tertiary/aromatic N) is 2. The number of aliphatic hydroxyl groups excluding tert-OH is 1. The summed E-state index contributed by atoms with van der Waals surface area (Å²) in [6, 6.07) is 20.3. The lowest BCUT2D eigenvalue weighted by molar-refractivity contribution is -0.125. The maximum Gasteiger partial charge on any atom is 0.228 e. The highest BCUT2D eigenvalue weighted by molar-refractivity contribution is 5.86. The number of carbonyl (C=O) groups is 1. The first-order chi connectivity index (χ1) is 20.9. The number of aliphatic hydroxyl groups is 1. The Kier molecular flexibility index (Phi) is 10.3. The number of aryl methyl sites for hydroxylation is 3. The van der Waals surface area contributed by atoms with Crippen molar-refractivity contribution in [2.75, 3.05) is 6.61 Å². The molecule has 43 heavy (non-hydrogen) atoms. The van der Waals surface area contributed by atoms with Gasteiger partial charge in [0.15, 0.2) is 0 Å². The van der Waals surface area contributed by atoms with Crippen LogP contribution in [0.25, 0.3) is 11.0 Å². The predicted octanol–water partition coefficient (Wildman–Crippen LogP) is 8.12. The number of pyridine rings is 1. The van der Waals surface area contributed by atoms with Crippen LogP contribution in [-0.4, -0.2) is 27.2 Å². The monoisotopic (exact) mass is 579 g/mol. The van der Waals surface area contributed by atoms with Gasteiger partial charge in [-0.1, -0.05) is 87.7 Å². The number of rotatable bonds is 12. The Hall–Kier alpha value is -3.44. The summed E-state index contributed by atoms with van der Waals surface area (Å²) < 4.78 is 2.47. The smallest absolute Gasteiger partial charge is 0.228 e. The van der Waals surface area contributed by atoms with E-state index in [1.54, 1.807) is 0 Å². The van der Waals surface area contributed by atoms with E-state index in [9.17, 15) is 9.90 Å². The molecule has 1 aliphatic rings. The van der Waals surface area contributed by atoms with Crippen molar-refractivity contribution >= 4 is 16.9 Å². The Bertz CT molecular complexity index is 1500. The molecule has 0 saturated carbocycles. The summed E-state index contributed by atoms with van der Waals surface area (Å²) in [5.74, 6) is -0.0166. The lowest BCUT2D eigenvalue weighted by Crippen LogP contribution is -2.37. The van der Waals surface area contributed by atoms with Gasteiger partial charge in [-0.3, -0.25) is 4.79 Å². The van der Waals surface area contributed by atoms with Crippen LogP contribution in [0.2, 0.25) is 0 Å². The quantitative estimate of drug-likeness (QED) is 0.167. The van der Waals surface area contributed by atoms with E-state index in [-0.39, 0.29) is 24.3 Å². The second-order valence-electron chi connectivity index (χ2n) is 12.6. The first-order valence-corrected chi connectivity index (χ1v) is 16.5. The molecule has 1 amide bonds. The number of nitrogens with one attached hydrogen (secondary N) is 1. The number of fused-ring (bicyclic) bond motifs is 3. The third-order valence-corrected chi connectivity index (χ3v) is 9.35. The summed E-state index contributed by atoms with van der Waals surface area (Å²) in [4.78, 5) is 19.0. The lowest BCUT2D eigenvalue weighted by Gasteiger charge is -2.29. The largest absolute Gasteiger partial charge is 0.394 e. The first kappa shape index (κ1) is 31.0. The molecule has 1 unspecified atom stereocenters. The SMILES string of the molecule is CCCC(CCC)C(C(=O)N[C@@H](CO)c1ccccc1)c1ccc(Cn2c3c(c4c(C)cc(C)nc42)CCCCC3)cc1. The van der Waals surface area contributed by atoms with Crippen LogP contribution in [0.5, 0.6) is 0 Å². The van der Waals surface area contributed by atoms with Gasteiger partial charge in [0.05, 0.1) is 18.6 Å². The van der Waals surface area contributed by atoms with E-state index < -0.39 is 6.04 Å². The van der Waals surface area contributed by atoms with Crippen molar-refractivity contribution < 1.29 is 9.90 Å². The van der Waals surface area contributed by atoms with Crippen molar-refractivity contribution in [3.8, 4) is 0 Å². The molecule has 0 saturated heterocycles. The molecule has 0 fully saturated rings. The standard InChI is InChI=1S/C38H49N3O2/c1-5-13-30(14-6-2)36(38(43)40-33(25-42)29-15-9-7-10-16-29)31-21-19-28(20-22-31)24-41-34-18-12-8-11-17-32(34)35-26(3)23-27(4)39-37(35)41/h7,9-10,15-16,19-23,30,33,36,42H,5-6,8,11-14,17-18,24-25H2,1-4H3,(H,40,43)/t33-,36?/m0/s1. The molecule has 4 aromatic rings. The van der Waals surface area contributed by atoms with E-state index in [2.05, 4.69) is 67.9 Å². The van der Waals surface area contributed by atoms with Crippen LogP contribution in [0, 0.1) is 19.8 Å². The molecule has 5 heteroatoms. The summed E-state index contributed by atoms with van der Waals surface area (Å²) in [6.45, 7) is 9.38. The van der Waals surface area contributed by atoms with Crippen molar-refractivity contribution in [1.29, 1.82) is 0 Å². The second-order valence-corrected chi connectivity index (χ2v) is 12.6. The molecular weight excluding hydrogens is 530 g/mol. The second kappa shape index (κ2) is 14.4. The van der Waals surface area contributed by atoms with E-state index in [1.165, 1.54) is 47.0 Å². The zero-order valence-electron chi connectivity index (χ0n) is 26.5. The highest BCUT2D eigenvalue weighted by Gasteiger charge is 2.31. The van der Waals surface area contributed by atoms with Gasteiger partial charge in [-0.15, -0.1) is 0 Å². The zero-order chi connectivity index (χ0) is 30.3. The average molecular weight is 580 g/mol. The fourth-order valence-electron chi connectivity index (χ4n) is 7.37. The predicted molar refractivity (Wildman–Crippen MR) is 176 cm³/mol. The summed E-state index contributed by atoms with van der Waals surface area (Å²) in [6.07, 6.45) is 10.1. The summed E-state index contributed by atoms with van der Waals surface area (Å²) >= 11 is 0. The summed E-state index contributed by atoms with van der Waals surface area (Å²) in [7, 11) is 0. The Labute approximate surface area is 257 Å². The number of amides is 1. The molecule has 0 aliphatic heterocycles. The Morgan fingerprint density at radius 3 is 2.30 bits per heavy atom. The van der Waals surface area contributed by atoms with Gasteiger partial charge in [0.25, 0.3) is 0 Å². The molecule has 0 radical (unpaired) electrons. The van der Waals surface area contributed by atoms with Crippen LogP contribution in [0.4, 0.5) is 0 Å². The average Bonchev–Trinajstić information content (AvgIpc) is 3.13. The Morgan fingerprint density at radius 1 is 0.930 bits per heavy atom. The van der Waals surface area contributed by atoms with Gasteiger partial charge in [-0.25, -0.2) is 4.98 Å².